The zero-order valence-electron chi connectivity index (χ0n) is 17.3. The Morgan fingerprint density at radius 2 is 1.41 bits per heavy atom. The summed E-state index contributed by atoms with van der Waals surface area (Å²) in [4.78, 5) is 13.6. The summed E-state index contributed by atoms with van der Waals surface area (Å²) in [6, 6.07) is 26.3. The van der Waals surface area contributed by atoms with Gasteiger partial charge in [0, 0.05) is 16.4 Å². The van der Waals surface area contributed by atoms with E-state index in [0.29, 0.717) is 0 Å². The van der Waals surface area contributed by atoms with Crippen LogP contribution in [0.1, 0.15) is 25.6 Å². The van der Waals surface area contributed by atoms with Crippen LogP contribution in [0.15, 0.2) is 78.9 Å². The summed E-state index contributed by atoms with van der Waals surface area (Å²) >= 11 is 0. The molecule has 3 aromatic carbocycles. The van der Waals surface area contributed by atoms with Gasteiger partial charge in [-0.2, -0.15) is 0 Å². The number of hydrogen-bond acceptors (Lipinski definition) is 2. The van der Waals surface area contributed by atoms with Crippen molar-refractivity contribution in [1.29, 1.82) is 0 Å². The van der Waals surface area contributed by atoms with E-state index in [1.807, 2.05) is 79.9 Å². The van der Waals surface area contributed by atoms with Gasteiger partial charge in [-0.15, -0.1) is 0 Å². The molecule has 0 fully saturated rings. The van der Waals surface area contributed by atoms with E-state index in [0.717, 1.165) is 39.0 Å². The zero-order chi connectivity index (χ0) is 20.6. The van der Waals surface area contributed by atoms with E-state index in [-0.39, 0.29) is 5.91 Å². The van der Waals surface area contributed by atoms with E-state index >= 15 is 0 Å². The van der Waals surface area contributed by atoms with Gasteiger partial charge < -0.3 is 4.74 Å². The monoisotopic (exact) mass is 383 g/mol. The second kappa shape index (κ2) is 7.25. The highest BCUT2D eigenvalue weighted by atomic mass is 16.5. The minimum atomic E-state index is -0.524. The topological polar surface area (TPSA) is 31.2 Å². The summed E-state index contributed by atoms with van der Waals surface area (Å²) in [7, 11) is 1.67. The summed E-state index contributed by atoms with van der Waals surface area (Å²) in [6.07, 6.45) is 0. The van der Waals surface area contributed by atoms with Crippen LogP contribution >= 0.6 is 0 Å². The molecule has 1 aromatic heterocycles. The van der Waals surface area contributed by atoms with Crippen molar-refractivity contribution >= 4 is 16.8 Å². The van der Waals surface area contributed by atoms with Crippen LogP contribution in [0.5, 0.6) is 5.75 Å². The van der Waals surface area contributed by atoms with Gasteiger partial charge >= 0.3 is 0 Å². The number of nitrogens with zero attached hydrogens (tertiary/aromatic N) is 1. The van der Waals surface area contributed by atoms with Crippen molar-refractivity contribution in [3.05, 3.63) is 78.9 Å². The molecule has 0 saturated heterocycles. The highest BCUT2D eigenvalue weighted by Gasteiger charge is 2.30. The molecular weight excluding hydrogens is 358 g/mol. The zero-order valence-corrected chi connectivity index (χ0v) is 17.3. The SMILES string of the molecule is COc1ccc2c(c1)c(-c1ccccc1)c(-c1ccccc1)n2C(=O)C(C)(C)C. The van der Waals surface area contributed by atoms with E-state index in [1.54, 1.807) is 7.11 Å². The Morgan fingerprint density at radius 1 is 0.828 bits per heavy atom. The summed E-state index contributed by atoms with van der Waals surface area (Å²) in [5, 5.41) is 1.01. The highest BCUT2D eigenvalue weighted by molar-refractivity contribution is 6.11. The average Bonchev–Trinajstić information content (AvgIpc) is 3.07. The van der Waals surface area contributed by atoms with Crippen LogP contribution in [0.4, 0.5) is 0 Å². The molecule has 4 rings (SSSR count). The maximum absolute atomic E-state index is 13.6. The first-order chi connectivity index (χ1) is 13.9. The van der Waals surface area contributed by atoms with Crippen LogP contribution in [-0.2, 0) is 0 Å². The Labute approximate surface area is 171 Å². The number of methoxy groups -OCH3 is 1. The molecule has 0 amide bonds. The van der Waals surface area contributed by atoms with Crippen LogP contribution in [0, 0.1) is 5.41 Å². The molecule has 0 N–H and O–H groups in total. The fourth-order valence-corrected chi connectivity index (χ4v) is 3.71. The standard InChI is InChI=1S/C26H25NO2/c1-26(2,3)25(28)27-22-16-15-20(29-4)17-21(22)23(18-11-7-5-8-12-18)24(27)19-13-9-6-10-14-19/h5-17H,1-4H3. The molecular formula is C26H25NO2. The molecule has 0 bridgehead atoms. The van der Waals surface area contributed by atoms with Gasteiger partial charge in [-0.05, 0) is 29.3 Å². The van der Waals surface area contributed by atoms with Crippen LogP contribution in [0.2, 0.25) is 0 Å². The fraction of sp³-hybridized carbons (Fsp3) is 0.192. The Hall–Kier alpha value is -3.33. The first-order valence-electron chi connectivity index (χ1n) is 9.80. The van der Waals surface area contributed by atoms with Crippen molar-refractivity contribution < 1.29 is 9.53 Å². The lowest BCUT2D eigenvalue weighted by Gasteiger charge is -2.21. The molecule has 3 heteroatoms. The maximum atomic E-state index is 13.6. The molecule has 0 unspecified atom stereocenters. The predicted molar refractivity (Wildman–Crippen MR) is 119 cm³/mol. The molecule has 0 aliphatic carbocycles. The summed E-state index contributed by atoms with van der Waals surface area (Å²) in [5.74, 6) is 0.836. The van der Waals surface area contributed by atoms with Crippen LogP contribution < -0.4 is 4.74 Å². The fourth-order valence-electron chi connectivity index (χ4n) is 3.71. The molecule has 3 nitrogen and oxygen atoms in total. The van der Waals surface area contributed by atoms with Gasteiger partial charge in [-0.3, -0.25) is 9.36 Å². The lowest BCUT2D eigenvalue weighted by atomic mass is 9.94. The number of carbonyl (C=O) groups is 1. The van der Waals surface area contributed by atoms with Gasteiger partial charge in [0.15, 0.2) is 0 Å². The first-order valence-corrected chi connectivity index (χ1v) is 9.80. The summed E-state index contributed by atoms with van der Waals surface area (Å²) < 4.78 is 7.38. The Morgan fingerprint density at radius 3 is 1.97 bits per heavy atom. The number of rotatable bonds is 3. The molecule has 0 radical (unpaired) electrons. The van der Waals surface area contributed by atoms with Crippen molar-refractivity contribution in [3.8, 4) is 28.1 Å². The number of fused-ring (bicyclic) bond motifs is 1. The summed E-state index contributed by atoms with van der Waals surface area (Å²) in [5.41, 5.74) is 4.42. The Bertz CT molecular complexity index is 1170. The number of ether oxygens (including phenoxy) is 1. The molecule has 29 heavy (non-hydrogen) atoms. The third kappa shape index (κ3) is 3.33. The summed E-state index contributed by atoms with van der Waals surface area (Å²) in [6.45, 7) is 5.88. The molecule has 0 aliphatic rings. The molecule has 0 atom stereocenters. The number of carbonyl (C=O) groups excluding carboxylic acids is 1. The van der Waals surface area contributed by atoms with Crippen molar-refractivity contribution in [1.82, 2.24) is 4.57 Å². The average molecular weight is 383 g/mol. The smallest absolute Gasteiger partial charge is 0.236 e. The third-order valence-corrected chi connectivity index (χ3v) is 5.13. The number of hydrogen-bond donors (Lipinski definition) is 0. The first kappa shape index (κ1) is 19.0. The lowest BCUT2D eigenvalue weighted by molar-refractivity contribution is 0.0775. The van der Waals surface area contributed by atoms with Crippen molar-refractivity contribution in [2.24, 2.45) is 5.41 Å². The lowest BCUT2D eigenvalue weighted by Crippen LogP contribution is -2.27. The van der Waals surface area contributed by atoms with Gasteiger partial charge in [0.1, 0.15) is 5.75 Å². The van der Waals surface area contributed by atoms with E-state index in [4.69, 9.17) is 4.74 Å². The maximum Gasteiger partial charge on any atom is 0.236 e. The molecule has 146 valence electrons. The highest BCUT2D eigenvalue weighted by Crippen LogP contribution is 2.43. The van der Waals surface area contributed by atoms with Gasteiger partial charge in [0.2, 0.25) is 5.91 Å². The normalized spacial score (nSPS) is 11.6. The van der Waals surface area contributed by atoms with E-state index in [1.165, 1.54) is 0 Å². The van der Waals surface area contributed by atoms with Crippen molar-refractivity contribution in [2.75, 3.05) is 7.11 Å². The van der Waals surface area contributed by atoms with Gasteiger partial charge in [-0.25, -0.2) is 0 Å². The molecule has 1 heterocycles. The number of aromatic nitrogens is 1. The minimum Gasteiger partial charge on any atom is -0.497 e. The molecule has 0 saturated carbocycles. The van der Waals surface area contributed by atoms with Gasteiger partial charge in [0.05, 0.1) is 18.3 Å². The third-order valence-electron chi connectivity index (χ3n) is 5.13. The van der Waals surface area contributed by atoms with Crippen LogP contribution in [0.25, 0.3) is 33.3 Å². The number of benzene rings is 3. The van der Waals surface area contributed by atoms with Crippen molar-refractivity contribution in [3.63, 3.8) is 0 Å². The van der Waals surface area contributed by atoms with Crippen LogP contribution in [0.3, 0.4) is 0 Å². The van der Waals surface area contributed by atoms with Gasteiger partial charge in [0.25, 0.3) is 0 Å². The molecule has 0 aliphatic heterocycles. The minimum absolute atomic E-state index is 0.0636. The predicted octanol–water partition coefficient (Wildman–Crippen LogP) is 6.67. The van der Waals surface area contributed by atoms with E-state index in [2.05, 4.69) is 24.3 Å². The molecule has 0 spiro atoms. The second-order valence-electron chi connectivity index (χ2n) is 8.23. The van der Waals surface area contributed by atoms with Gasteiger partial charge in [-0.1, -0.05) is 81.4 Å². The van der Waals surface area contributed by atoms with Crippen LogP contribution in [-0.4, -0.2) is 17.6 Å². The largest absolute Gasteiger partial charge is 0.497 e. The second-order valence-corrected chi connectivity index (χ2v) is 8.23. The quantitative estimate of drug-likeness (QED) is 0.395. The van der Waals surface area contributed by atoms with Crippen molar-refractivity contribution in [2.45, 2.75) is 20.8 Å². The van der Waals surface area contributed by atoms with E-state index < -0.39 is 5.41 Å². The molecule has 4 aromatic rings. The Balaban J connectivity index is 2.20. The Kier molecular flexibility index (Phi) is 4.75. The van der Waals surface area contributed by atoms with E-state index in [9.17, 15) is 4.79 Å².